The van der Waals surface area contributed by atoms with E-state index in [1.54, 1.807) is 41.1 Å². The minimum atomic E-state index is -3.35. The number of rotatable bonds is 7. The predicted octanol–water partition coefficient (Wildman–Crippen LogP) is 4.30. The molecule has 1 spiro atoms. The van der Waals surface area contributed by atoms with Crippen LogP contribution < -0.4 is 14.7 Å². The maximum atomic E-state index is 15.8. The lowest BCUT2D eigenvalue weighted by atomic mass is 9.82. The first kappa shape index (κ1) is 27.7. The number of halogens is 1. The summed E-state index contributed by atoms with van der Waals surface area (Å²) in [7, 11) is -3.35. The smallest absolute Gasteiger partial charge is 0.414 e. The van der Waals surface area contributed by atoms with Crippen LogP contribution in [0.1, 0.15) is 24.5 Å². The zero-order valence-electron chi connectivity index (χ0n) is 23.3. The standard InChI is InChI=1S/C29H34FN3O7Si/c1-18-25(41(2,3)30)24(9-12-34)40-29(18)22-16-21(32-11-14-39-28(32)37)7-8-23(22)33(26(29)35)17-19-5-4-6-20(15-19)31-10-13-38-27(31)36/h4-8,15-16,18,24-25,34H,9-14,17H2,1-3H3/t18-,24+,25-,29+/m0/s1. The van der Waals surface area contributed by atoms with Crippen LogP contribution in [0.2, 0.25) is 18.6 Å². The molecule has 0 bridgehead atoms. The van der Waals surface area contributed by atoms with Crippen molar-refractivity contribution in [3.05, 3.63) is 53.6 Å². The van der Waals surface area contributed by atoms with E-state index in [0.717, 1.165) is 5.56 Å². The molecule has 0 aromatic heterocycles. The molecule has 10 nitrogen and oxygen atoms in total. The summed E-state index contributed by atoms with van der Waals surface area (Å²) in [6, 6.07) is 12.7. The second-order valence-corrected chi connectivity index (χ2v) is 15.4. The SMILES string of the molecule is C[C@H]1[C@H]([Si](C)(C)F)[C@@H](CCO)O[C@]12C(=O)N(Cc1cccc(N3CCOC3=O)c1)c1ccc(N3CCOC3=O)cc12. The Morgan fingerprint density at radius 3 is 2.24 bits per heavy atom. The Kier molecular flexibility index (Phi) is 6.82. The first-order chi connectivity index (χ1) is 19.6. The summed E-state index contributed by atoms with van der Waals surface area (Å²) < 4.78 is 32.7. The van der Waals surface area contributed by atoms with Gasteiger partial charge < -0.3 is 28.3 Å². The molecule has 41 heavy (non-hydrogen) atoms. The van der Waals surface area contributed by atoms with Gasteiger partial charge in [-0.25, -0.2) is 9.59 Å². The minimum absolute atomic E-state index is 0.190. The number of cyclic esters (lactones) is 2. The number of anilines is 3. The van der Waals surface area contributed by atoms with Gasteiger partial charge in [0, 0.05) is 35.0 Å². The molecule has 4 heterocycles. The van der Waals surface area contributed by atoms with Crippen LogP contribution in [0.4, 0.5) is 30.8 Å². The molecule has 2 aromatic rings. The van der Waals surface area contributed by atoms with E-state index in [-0.39, 0.29) is 32.1 Å². The Labute approximate surface area is 238 Å². The van der Waals surface area contributed by atoms with Gasteiger partial charge in [0.25, 0.3) is 5.91 Å². The summed E-state index contributed by atoms with van der Waals surface area (Å²) >= 11 is 0. The molecule has 4 atom stereocenters. The van der Waals surface area contributed by atoms with Crippen molar-refractivity contribution < 1.29 is 37.8 Å². The number of ether oxygens (including phenoxy) is 3. The summed E-state index contributed by atoms with van der Waals surface area (Å²) in [5, 5.41) is 9.81. The van der Waals surface area contributed by atoms with Crippen LogP contribution in [-0.4, -0.2) is 70.6 Å². The van der Waals surface area contributed by atoms with E-state index in [2.05, 4.69) is 0 Å². The molecule has 3 fully saturated rings. The van der Waals surface area contributed by atoms with Gasteiger partial charge in [-0.15, -0.1) is 0 Å². The van der Waals surface area contributed by atoms with Gasteiger partial charge >= 0.3 is 12.2 Å². The molecule has 2 aromatic carbocycles. The highest BCUT2D eigenvalue weighted by Gasteiger charge is 2.66. The minimum Gasteiger partial charge on any atom is -0.447 e. The van der Waals surface area contributed by atoms with Crippen molar-refractivity contribution in [2.24, 2.45) is 5.92 Å². The number of carbonyl (C=O) groups excluding carboxylic acids is 3. The highest BCUT2D eigenvalue weighted by atomic mass is 28.4. The number of benzene rings is 2. The Morgan fingerprint density at radius 2 is 1.66 bits per heavy atom. The molecule has 0 aliphatic carbocycles. The number of hydrogen-bond acceptors (Lipinski definition) is 7. The van der Waals surface area contributed by atoms with Gasteiger partial charge in [-0.1, -0.05) is 19.1 Å². The molecule has 4 aliphatic heterocycles. The van der Waals surface area contributed by atoms with Crippen molar-refractivity contribution in [3.8, 4) is 0 Å². The normalized spacial score (nSPS) is 27.7. The molecular formula is C29H34FN3O7Si. The lowest BCUT2D eigenvalue weighted by Gasteiger charge is -2.31. The number of amides is 3. The fourth-order valence-electron chi connectivity index (χ4n) is 7.02. The Morgan fingerprint density at radius 1 is 1.00 bits per heavy atom. The van der Waals surface area contributed by atoms with Crippen LogP contribution in [0.3, 0.4) is 0 Å². The van der Waals surface area contributed by atoms with Crippen molar-refractivity contribution in [3.63, 3.8) is 0 Å². The molecule has 1 N–H and O–H groups in total. The molecule has 12 heteroatoms. The van der Waals surface area contributed by atoms with Crippen molar-refractivity contribution in [2.45, 2.75) is 50.2 Å². The van der Waals surface area contributed by atoms with E-state index in [4.69, 9.17) is 14.2 Å². The second kappa shape index (κ2) is 10.1. The van der Waals surface area contributed by atoms with Gasteiger partial charge in [0.1, 0.15) is 13.2 Å². The van der Waals surface area contributed by atoms with Crippen LogP contribution in [0.15, 0.2) is 42.5 Å². The van der Waals surface area contributed by atoms with Crippen molar-refractivity contribution in [1.82, 2.24) is 0 Å². The Hall–Kier alpha value is -3.48. The Bertz CT molecular complexity index is 1400. The van der Waals surface area contributed by atoms with Gasteiger partial charge in [0.15, 0.2) is 5.60 Å². The maximum Gasteiger partial charge on any atom is 0.414 e. The zero-order valence-corrected chi connectivity index (χ0v) is 24.3. The van der Waals surface area contributed by atoms with Crippen LogP contribution in [-0.2, 0) is 31.2 Å². The van der Waals surface area contributed by atoms with Gasteiger partial charge in [-0.2, -0.15) is 0 Å². The summed E-state index contributed by atoms with van der Waals surface area (Å²) in [4.78, 5) is 43.8. The third-order valence-corrected chi connectivity index (χ3v) is 11.2. The van der Waals surface area contributed by atoms with E-state index in [1.807, 2.05) is 31.2 Å². The van der Waals surface area contributed by atoms with Crippen molar-refractivity contribution in [2.75, 3.05) is 47.6 Å². The third-order valence-electron chi connectivity index (χ3n) is 8.75. The fraction of sp³-hybridized carbons (Fsp3) is 0.483. The molecule has 0 saturated carbocycles. The maximum absolute atomic E-state index is 15.8. The average molecular weight is 584 g/mol. The largest absolute Gasteiger partial charge is 0.447 e. The van der Waals surface area contributed by atoms with Gasteiger partial charge in [-0.3, -0.25) is 14.6 Å². The number of nitrogens with zero attached hydrogens (tertiary/aromatic N) is 3. The molecule has 0 unspecified atom stereocenters. The first-order valence-electron chi connectivity index (χ1n) is 14.0. The van der Waals surface area contributed by atoms with Gasteiger partial charge in [0.05, 0.1) is 31.4 Å². The molecule has 218 valence electrons. The molecule has 3 amide bonds. The quantitative estimate of drug-likeness (QED) is 0.382. The lowest BCUT2D eigenvalue weighted by molar-refractivity contribution is -0.146. The molecule has 6 rings (SSSR count). The molecule has 0 radical (unpaired) electrons. The van der Waals surface area contributed by atoms with Crippen molar-refractivity contribution in [1.29, 1.82) is 0 Å². The average Bonchev–Trinajstić information content (AvgIpc) is 3.67. The number of hydrogen-bond donors (Lipinski definition) is 1. The number of aliphatic hydroxyl groups excluding tert-OH is 1. The lowest BCUT2D eigenvalue weighted by Crippen LogP contribution is -2.45. The fourth-order valence-corrected chi connectivity index (χ4v) is 9.56. The van der Waals surface area contributed by atoms with Gasteiger partial charge in [0.2, 0.25) is 8.41 Å². The van der Waals surface area contributed by atoms with Crippen molar-refractivity contribution >= 4 is 43.6 Å². The molecule has 3 saturated heterocycles. The topological polar surface area (TPSA) is 109 Å². The summed E-state index contributed by atoms with van der Waals surface area (Å²) in [6.45, 7) is 6.50. The van der Waals surface area contributed by atoms with E-state index in [0.29, 0.717) is 42.3 Å². The van der Waals surface area contributed by atoms with E-state index >= 15 is 4.11 Å². The zero-order chi connectivity index (χ0) is 29.1. The van der Waals surface area contributed by atoms with Gasteiger partial charge in [-0.05, 0) is 55.4 Å². The van der Waals surface area contributed by atoms with E-state index < -0.39 is 43.8 Å². The first-order valence-corrected chi connectivity index (χ1v) is 16.9. The van der Waals surface area contributed by atoms with Crippen LogP contribution >= 0.6 is 0 Å². The number of fused-ring (bicyclic) bond motifs is 2. The van der Waals surface area contributed by atoms with Crippen LogP contribution in [0.25, 0.3) is 0 Å². The highest BCUT2D eigenvalue weighted by Crippen LogP contribution is 2.60. The number of carbonyl (C=O) groups is 3. The van der Waals surface area contributed by atoms with E-state index in [9.17, 15) is 19.5 Å². The molecule has 4 aliphatic rings. The van der Waals surface area contributed by atoms with Crippen LogP contribution in [0.5, 0.6) is 0 Å². The Balaban J connectivity index is 1.43. The monoisotopic (exact) mass is 583 g/mol. The molecular weight excluding hydrogens is 549 g/mol. The summed E-state index contributed by atoms with van der Waals surface area (Å²) in [5.41, 5.74) is 1.22. The summed E-state index contributed by atoms with van der Waals surface area (Å²) in [5.74, 6) is -0.829. The third kappa shape index (κ3) is 4.39. The summed E-state index contributed by atoms with van der Waals surface area (Å²) in [6.07, 6.45) is -1.30. The van der Waals surface area contributed by atoms with E-state index in [1.165, 1.54) is 4.90 Å². The second-order valence-electron chi connectivity index (χ2n) is 11.6. The number of aliphatic hydroxyl groups is 1. The highest BCUT2D eigenvalue weighted by molar-refractivity contribution is 6.72. The van der Waals surface area contributed by atoms with Crippen LogP contribution in [0, 0.1) is 5.92 Å². The predicted molar refractivity (Wildman–Crippen MR) is 151 cm³/mol.